The third-order valence-electron chi connectivity index (χ3n) is 5.56. The van der Waals surface area contributed by atoms with E-state index in [9.17, 15) is 14.7 Å². The van der Waals surface area contributed by atoms with Crippen LogP contribution in [0.1, 0.15) is 41.6 Å². The van der Waals surface area contributed by atoms with Gasteiger partial charge in [0, 0.05) is 38.8 Å². The molecule has 0 radical (unpaired) electrons. The highest BCUT2D eigenvalue weighted by Crippen LogP contribution is 2.25. The van der Waals surface area contributed by atoms with Crippen LogP contribution in [0.2, 0.25) is 0 Å². The molecule has 2 aliphatic rings. The number of hydrogen-bond donors (Lipinski definition) is 3. The summed E-state index contributed by atoms with van der Waals surface area (Å²) in [6, 6.07) is 7.10. The first-order chi connectivity index (χ1) is 13.0. The zero-order valence-corrected chi connectivity index (χ0v) is 16.0. The number of carbonyl (C=O) groups is 2. The summed E-state index contributed by atoms with van der Waals surface area (Å²) in [5, 5.41) is 16.3. The van der Waals surface area contributed by atoms with E-state index in [1.165, 1.54) is 12.8 Å². The van der Waals surface area contributed by atoms with E-state index in [0.29, 0.717) is 38.0 Å². The summed E-state index contributed by atoms with van der Waals surface area (Å²) in [6.45, 7) is 4.36. The van der Waals surface area contributed by atoms with E-state index in [1.807, 2.05) is 12.1 Å². The van der Waals surface area contributed by atoms with Gasteiger partial charge in [-0.05, 0) is 56.5 Å². The van der Waals surface area contributed by atoms with Crippen LogP contribution < -0.4 is 10.6 Å². The topological polar surface area (TPSA) is 84.9 Å². The van der Waals surface area contributed by atoms with Crippen molar-refractivity contribution in [2.24, 2.45) is 0 Å². The van der Waals surface area contributed by atoms with E-state index < -0.39 is 5.60 Å². The van der Waals surface area contributed by atoms with Crippen molar-refractivity contribution in [2.45, 2.75) is 37.8 Å². The lowest BCUT2D eigenvalue weighted by atomic mass is 9.91. The van der Waals surface area contributed by atoms with E-state index in [4.69, 9.17) is 0 Å². The van der Waals surface area contributed by atoms with Crippen molar-refractivity contribution >= 4 is 11.9 Å². The SMILES string of the molecule is CNC(=O)c1cccc(CNC(=O)N2CCC(O)(CN3CCCC3)CC2)c1. The maximum atomic E-state index is 12.4. The zero-order valence-electron chi connectivity index (χ0n) is 16.0. The van der Waals surface area contributed by atoms with Gasteiger partial charge in [0.25, 0.3) is 5.91 Å². The van der Waals surface area contributed by atoms with Crippen LogP contribution in [-0.4, -0.2) is 72.2 Å². The van der Waals surface area contributed by atoms with Crippen LogP contribution in [0.15, 0.2) is 24.3 Å². The Morgan fingerprint density at radius 2 is 1.85 bits per heavy atom. The van der Waals surface area contributed by atoms with Crippen LogP contribution in [0.5, 0.6) is 0 Å². The second-order valence-electron chi connectivity index (χ2n) is 7.63. The molecule has 1 aromatic rings. The highest BCUT2D eigenvalue weighted by Gasteiger charge is 2.35. The van der Waals surface area contributed by atoms with Crippen LogP contribution >= 0.6 is 0 Å². The van der Waals surface area contributed by atoms with E-state index in [0.717, 1.165) is 25.2 Å². The molecule has 2 fully saturated rings. The summed E-state index contributed by atoms with van der Waals surface area (Å²) in [7, 11) is 1.60. The van der Waals surface area contributed by atoms with E-state index >= 15 is 0 Å². The molecule has 2 heterocycles. The smallest absolute Gasteiger partial charge is 0.317 e. The largest absolute Gasteiger partial charge is 0.388 e. The Labute approximate surface area is 160 Å². The van der Waals surface area contributed by atoms with Crippen molar-refractivity contribution in [3.05, 3.63) is 35.4 Å². The zero-order chi connectivity index (χ0) is 19.3. The number of hydrogen-bond acceptors (Lipinski definition) is 4. The monoisotopic (exact) mass is 374 g/mol. The highest BCUT2D eigenvalue weighted by molar-refractivity contribution is 5.94. The van der Waals surface area contributed by atoms with Crippen LogP contribution in [-0.2, 0) is 6.54 Å². The minimum atomic E-state index is -0.678. The molecule has 0 atom stereocenters. The Bertz CT molecular complexity index is 665. The molecule has 0 spiro atoms. The van der Waals surface area contributed by atoms with E-state index in [2.05, 4.69) is 15.5 Å². The molecule has 0 aromatic heterocycles. The fourth-order valence-corrected chi connectivity index (χ4v) is 3.90. The molecule has 0 aliphatic carbocycles. The number of likely N-dealkylation sites (tertiary alicyclic amines) is 2. The van der Waals surface area contributed by atoms with Crippen molar-refractivity contribution in [1.82, 2.24) is 20.4 Å². The molecule has 0 saturated carbocycles. The Balaban J connectivity index is 1.46. The second-order valence-corrected chi connectivity index (χ2v) is 7.63. The molecule has 1 aromatic carbocycles. The number of carbonyl (C=O) groups excluding carboxylic acids is 2. The number of urea groups is 1. The van der Waals surface area contributed by atoms with Gasteiger partial charge in [-0.25, -0.2) is 4.79 Å². The summed E-state index contributed by atoms with van der Waals surface area (Å²) in [5.41, 5.74) is 0.782. The second kappa shape index (κ2) is 8.71. The number of nitrogens with zero attached hydrogens (tertiary/aromatic N) is 2. The third kappa shape index (κ3) is 5.20. The van der Waals surface area contributed by atoms with Gasteiger partial charge in [-0.1, -0.05) is 12.1 Å². The van der Waals surface area contributed by atoms with Gasteiger partial charge < -0.3 is 25.5 Å². The maximum absolute atomic E-state index is 12.4. The van der Waals surface area contributed by atoms with Gasteiger partial charge in [0.2, 0.25) is 0 Å². The van der Waals surface area contributed by atoms with Gasteiger partial charge in [-0.15, -0.1) is 0 Å². The number of nitrogens with one attached hydrogen (secondary N) is 2. The van der Waals surface area contributed by atoms with Crippen LogP contribution in [0, 0.1) is 0 Å². The van der Waals surface area contributed by atoms with Crippen LogP contribution in [0.25, 0.3) is 0 Å². The minimum Gasteiger partial charge on any atom is -0.388 e. The molecule has 3 rings (SSSR count). The molecule has 148 valence electrons. The normalized spacial score (nSPS) is 19.7. The number of aliphatic hydroxyl groups is 1. The van der Waals surface area contributed by atoms with Gasteiger partial charge in [-0.3, -0.25) is 4.79 Å². The fourth-order valence-electron chi connectivity index (χ4n) is 3.90. The van der Waals surface area contributed by atoms with Crippen LogP contribution in [0.3, 0.4) is 0 Å². The minimum absolute atomic E-state index is 0.122. The summed E-state index contributed by atoms with van der Waals surface area (Å²) in [5.74, 6) is -0.142. The average Bonchev–Trinajstić information content (AvgIpc) is 3.18. The number of amides is 3. The molecule has 2 saturated heterocycles. The molecule has 0 bridgehead atoms. The van der Waals surface area contributed by atoms with Crippen molar-refractivity contribution in [1.29, 1.82) is 0 Å². The first-order valence-corrected chi connectivity index (χ1v) is 9.78. The van der Waals surface area contributed by atoms with Gasteiger partial charge in [-0.2, -0.15) is 0 Å². The Morgan fingerprint density at radius 3 is 2.52 bits per heavy atom. The van der Waals surface area contributed by atoms with Gasteiger partial charge in [0.15, 0.2) is 0 Å². The highest BCUT2D eigenvalue weighted by atomic mass is 16.3. The number of β-amino-alcohol motifs (C(OH)–C–C–N with tert-alkyl or cyclic N) is 1. The lowest BCUT2D eigenvalue weighted by molar-refractivity contribution is -0.0339. The molecular formula is C20H30N4O3. The number of piperidine rings is 1. The maximum Gasteiger partial charge on any atom is 0.317 e. The van der Waals surface area contributed by atoms with Crippen molar-refractivity contribution in [3.8, 4) is 0 Å². The summed E-state index contributed by atoms with van der Waals surface area (Å²) >= 11 is 0. The van der Waals surface area contributed by atoms with Gasteiger partial charge >= 0.3 is 6.03 Å². The fraction of sp³-hybridized carbons (Fsp3) is 0.600. The molecule has 3 amide bonds. The molecule has 2 aliphatic heterocycles. The summed E-state index contributed by atoms with van der Waals surface area (Å²) in [4.78, 5) is 28.2. The lowest BCUT2D eigenvalue weighted by Gasteiger charge is -2.40. The predicted octanol–water partition coefficient (Wildman–Crippen LogP) is 1.18. The van der Waals surface area contributed by atoms with E-state index in [-0.39, 0.29) is 11.9 Å². The first-order valence-electron chi connectivity index (χ1n) is 9.78. The molecule has 27 heavy (non-hydrogen) atoms. The molecule has 7 heteroatoms. The number of benzene rings is 1. The standard InChI is InChI=1S/C20H30N4O3/c1-21-18(25)17-6-4-5-16(13-17)14-22-19(26)24-11-7-20(27,8-12-24)15-23-9-2-3-10-23/h4-6,13,27H,2-3,7-12,14-15H2,1H3,(H,21,25)(H,22,26). The molecule has 3 N–H and O–H groups in total. The summed E-state index contributed by atoms with van der Waals surface area (Å²) < 4.78 is 0. The molecule has 7 nitrogen and oxygen atoms in total. The lowest BCUT2D eigenvalue weighted by Crippen LogP contribution is -2.53. The van der Waals surface area contributed by atoms with Gasteiger partial charge in [0.05, 0.1) is 5.60 Å². The average molecular weight is 374 g/mol. The Hall–Kier alpha value is -2.12. The van der Waals surface area contributed by atoms with Crippen molar-refractivity contribution < 1.29 is 14.7 Å². The first kappa shape index (κ1) is 19.6. The molecule has 0 unspecified atom stereocenters. The number of rotatable bonds is 5. The van der Waals surface area contributed by atoms with E-state index in [1.54, 1.807) is 24.1 Å². The third-order valence-corrected chi connectivity index (χ3v) is 5.56. The van der Waals surface area contributed by atoms with Crippen molar-refractivity contribution in [2.75, 3.05) is 39.8 Å². The van der Waals surface area contributed by atoms with Crippen LogP contribution in [0.4, 0.5) is 4.79 Å². The Kier molecular flexibility index (Phi) is 6.34. The van der Waals surface area contributed by atoms with Crippen molar-refractivity contribution in [3.63, 3.8) is 0 Å². The quantitative estimate of drug-likeness (QED) is 0.723. The van der Waals surface area contributed by atoms with Gasteiger partial charge in [0.1, 0.15) is 0 Å². The predicted molar refractivity (Wildman–Crippen MR) is 103 cm³/mol. The summed E-state index contributed by atoms with van der Waals surface area (Å²) in [6.07, 6.45) is 3.66. The Morgan fingerprint density at radius 1 is 1.15 bits per heavy atom. The molecular weight excluding hydrogens is 344 g/mol.